The summed E-state index contributed by atoms with van der Waals surface area (Å²) in [6.45, 7) is 12.8. The number of fused-ring (bicyclic) bond motifs is 3. The third-order valence-corrected chi connectivity index (χ3v) is 8.02. The number of nitriles is 1. The van der Waals surface area contributed by atoms with Crippen LogP contribution in [0.25, 0.3) is 16.6 Å². The summed E-state index contributed by atoms with van der Waals surface area (Å²) in [6.07, 6.45) is 6.89. The Labute approximate surface area is 229 Å². The fourth-order valence-corrected chi connectivity index (χ4v) is 5.96. The maximum atomic E-state index is 9.71. The zero-order chi connectivity index (χ0) is 26.8. The quantitative estimate of drug-likeness (QED) is 0.392. The highest BCUT2D eigenvalue weighted by Crippen LogP contribution is 2.35. The van der Waals surface area contributed by atoms with Crippen LogP contribution in [-0.2, 0) is 9.47 Å². The van der Waals surface area contributed by atoms with Gasteiger partial charge in [0, 0.05) is 68.7 Å². The molecule has 39 heavy (non-hydrogen) atoms. The lowest BCUT2D eigenvalue weighted by atomic mass is 9.87. The maximum Gasteiger partial charge on any atom is 0.138 e. The highest BCUT2D eigenvalue weighted by atomic mass is 16.5. The van der Waals surface area contributed by atoms with Crippen molar-refractivity contribution in [3.8, 4) is 22.9 Å². The Morgan fingerprint density at radius 2 is 1.92 bits per heavy atom. The normalized spacial score (nSPS) is 21.7. The highest BCUT2D eigenvalue weighted by molar-refractivity contribution is 5.85. The molecular weight excluding hydrogens is 494 g/mol. The topological polar surface area (TPSA) is 91.4 Å². The van der Waals surface area contributed by atoms with E-state index in [1.807, 2.05) is 18.5 Å². The minimum Gasteiger partial charge on any atom is -0.491 e. The Hall–Kier alpha value is -3.23. The van der Waals surface area contributed by atoms with Crippen molar-refractivity contribution in [2.24, 2.45) is 0 Å². The molecule has 4 saturated heterocycles. The number of ether oxygens (including phenoxy) is 3. The molecule has 10 heteroatoms. The van der Waals surface area contributed by atoms with E-state index in [2.05, 4.69) is 51.8 Å². The maximum absolute atomic E-state index is 9.71. The van der Waals surface area contributed by atoms with E-state index in [9.17, 15) is 5.26 Å². The van der Waals surface area contributed by atoms with Gasteiger partial charge in [0.2, 0.25) is 0 Å². The summed E-state index contributed by atoms with van der Waals surface area (Å²) in [6, 6.07) is 9.60. The van der Waals surface area contributed by atoms with E-state index < -0.39 is 0 Å². The molecule has 2 unspecified atom stereocenters. The lowest BCUT2D eigenvalue weighted by Gasteiger charge is -2.56. The third-order valence-electron chi connectivity index (χ3n) is 8.02. The number of rotatable bonds is 10. The summed E-state index contributed by atoms with van der Waals surface area (Å²) >= 11 is 0. The fraction of sp³-hybridized carbons (Fsp3) is 0.552. The summed E-state index contributed by atoms with van der Waals surface area (Å²) in [5.41, 5.74) is 3.14. The van der Waals surface area contributed by atoms with Crippen molar-refractivity contribution in [3.63, 3.8) is 0 Å². The van der Waals surface area contributed by atoms with Crippen molar-refractivity contribution in [2.75, 3.05) is 70.6 Å². The highest BCUT2D eigenvalue weighted by Gasteiger charge is 2.44. The number of piperidine rings is 1. The second-order valence-corrected chi connectivity index (χ2v) is 10.9. The van der Waals surface area contributed by atoms with Crippen LogP contribution in [0.5, 0.6) is 5.75 Å². The molecule has 3 aromatic heterocycles. The van der Waals surface area contributed by atoms with E-state index in [4.69, 9.17) is 19.2 Å². The van der Waals surface area contributed by atoms with Crippen LogP contribution in [0.4, 0.5) is 5.82 Å². The van der Waals surface area contributed by atoms with Crippen LogP contribution in [0.15, 0.2) is 36.8 Å². The van der Waals surface area contributed by atoms with Gasteiger partial charge in [-0.2, -0.15) is 10.4 Å². The first-order valence-electron chi connectivity index (χ1n) is 14.0. The van der Waals surface area contributed by atoms with E-state index in [1.165, 1.54) is 6.42 Å². The molecule has 206 valence electrons. The Bertz CT molecular complexity index is 1300. The van der Waals surface area contributed by atoms with Gasteiger partial charge in [0.05, 0.1) is 49.4 Å². The van der Waals surface area contributed by atoms with Gasteiger partial charge in [-0.05, 0) is 38.5 Å². The van der Waals surface area contributed by atoms with Crippen LogP contribution in [-0.4, -0.2) is 108 Å². The average molecular weight is 532 g/mol. The summed E-state index contributed by atoms with van der Waals surface area (Å²) in [4.78, 5) is 12.2. The second-order valence-electron chi connectivity index (χ2n) is 10.9. The Balaban J connectivity index is 1.15. The molecule has 3 aromatic rings. The summed E-state index contributed by atoms with van der Waals surface area (Å²) in [7, 11) is 0. The van der Waals surface area contributed by atoms with Gasteiger partial charge in [0.1, 0.15) is 24.2 Å². The van der Waals surface area contributed by atoms with E-state index in [1.54, 1.807) is 10.7 Å². The monoisotopic (exact) mass is 531 g/mol. The Morgan fingerprint density at radius 3 is 2.64 bits per heavy atom. The minimum absolute atomic E-state index is 0.278. The van der Waals surface area contributed by atoms with Crippen molar-refractivity contribution in [1.29, 1.82) is 5.26 Å². The number of anilines is 1. The summed E-state index contributed by atoms with van der Waals surface area (Å²) in [5, 5.41) is 14.1. The molecule has 2 bridgehead atoms. The Morgan fingerprint density at radius 1 is 1.10 bits per heavy atom. The van der Waals surface area contributed by atoms with Crippen molar-refractivity contribution < 1.29 is 14.2 Å². The predicted octanol–water partition coefficient (Wildman–Crippen LogP) is 2.67. The lowest BCUT2D eigenvalue weighted by Crippen LogP contribution is -2.69. The van der Waals surface area contributed by atoms with Gasteiger partial charge in [0.15, 0.2) is 0 Å². The van der Waals surface area contributed by atoms with Crippen LogP contribution in [0.1, 0.15) is 25.8 Å². The van der Waals surface area contributed by atoms with Gasteiger partial charge < -0.3 is 19.1 Å². The van der Waals surface area contributed by atoms with Crippen LogP contribution >= 0.6 is 0 Å². The summed E-state index contributed by atoms with van der Waals surface area (Å²) < 4.78 is 19.1. The summed E-state index contributed by atoms with van der Waals surface area (Å²) in [5.74, 6) is 1.72. The van der Waals surface area contributed by atoms with Gasteiger partial charge in [-0.1, -0.05) is 0 Å². The van der Waals surface area contributed by atoms with Crippen molar-refractivity contribution in [2.45, 2.75) is 38.5 Å². The van der Waals surface area contributed by atoms with Crippen LogP contribution in [0.2, 0.25) is 0 Å². The molecule has 7 rings (SSSR count). The first-order valence-corrected chi connectivity index (χ1v) is 14.0. The molecule has 7 heterocycles. The average Bonchev–Trinajstić information content (AvgIpc) is 3.38. The van der Waals surface area contributed by atoms with Gasteiger partial charge in [-0.3, -0.25) is 9.80 Å². The number of morpholine rings is 1. The van der Waals surface area contributed by atoms with Gasteiger partial charge >= 0.3 is 0 Å². The smallest absolute Gasteiger partial charge is 0.138 e. The number of aromatic nitrogens is 3. The van der Waals surface area contributed by atoms with E-state index in [0.717, 1.165) is 87.3 Å². The third kappa shape index (κ3) is 5.58. The fourth-order valence-electron chi connectivity index (χ4n) is 5.96. The molecule has 4 fully saturated rings. The van der Waals surface area contributed by atoms with Crippen LogP contribution in [0, 0.1) is 11.3 Å². The molecule has 4 aliphatic rings. The second kappa shape index (κ2) is 11.5. The standard InChI is InChI=1S/C29H37N7O3/c1-21(2)38-12-8-35-24-13-25(35)19-34(18-24)28-4-3-22(16-31-28)27-14-26(20-36-29(27)23(15-30)17-32-36)39-11-7-33-5-9-37-10-6-33/h3-4,14,16-17,20-21,24-25H,5-13,18-19H2,1-2H3. The van der Waals surface area contributed by atoms with Gasteiger partial charge in [-0.25, -0.2) is 9.50 Å². The van der Waals surface area contributed by atoms with Crippen molar-refractivity contribution in [3.05, 3.63) is 42.4 Å². The molecule has 0 amide bonds. The molecule has 0 aliphatic carbocycles. The molecule has 0 N–H and O–H groups in total. The van der Waals surface area contributed by atoms with Crippen LogP contribution < -0.4 is 9.64 Å². The largest absolute Gasteiger partial charge is 0.491 e. The number of nitrogens with zero attached hydrogens (tertiary/aromatic N) is 7. The zero-order valence-electron chi connectivity index (χ0n) is 22.8. The number of hydrogen-bond acceptors (Lipinski definition) is 9. The number of piperazine rings is 1. The van der Waals surface area contributed by atoms with Crippen LogP contribution in [0.3, 0.4) is 0 Å². The first kappa shape index (κ1) is 26.0. The van der Waals surface area contributed by atoms with Gasteiger partial charge in [0.25, 0.3) is 0 Å². The Kier molecular flexibility index (Phi) is 7.66. The molecular formula is C29H37N7O3. The predicted molar refractivity (Wildman–Crippen MR) is 148 cm³/mol. The molecule has 0 saturated carbocycles. The van der Waals surface area contributed by atoms with Crippen molar-refractivity contribution >= 4 is 11.3 Å². The number of pyridine rings is 2. The van der Waals surface area contributed by atoms with Crippen molar-refractivity contribution in [1.82, 2.24) is 24.4 Å². The van der Waals surface area contributed by atoms with E-state index in [0.29, 0.717) is 24.3 Å². The first-order chi connectivity index (χ1) is 19.1. The minimum atomic E-state index is 0.278. The molecule has 0 spiro atoms. The lowest BCUT2D eigenvalue weighted by molar-refractivity contribution is -0.0326. The van der Waals surface area contributed by atoms with E-state index >= 15 is 0 Å². The zero-order valence-corrected chi connectivity index (χ0v) is 22.8. The SMILES string of the molecule is CC(C)OCCN1C2CC1CN(c1ccc(-c3cc(OCCN4CCOCC4)cn4ncc(C#N)c34)cn1)C2. The molecule has 4 aliphatic heterocycles. The molecule has 0 aromatic carbocycles. The molecule has 0 radical (unpaired) electrons. The van der Waals surface area contributed by atoms with E-state index in [-0.39, 0.29) is 6.10 Å². The molecule has 2 atom stereocenters. The van der Waals surface area contributed by atoms with Gasteiger partial charge in [-0.15, -0.1) is 0 Å². The number of hydrogen-bond donors (Lipinski definition) is 0. The molecule has 10 nitrogen and oxygen atoms in total.